The Morgan fingerprint density at radius 1 is 1.07 bits per heavy atom. The number of hydrogen-bond donors (Lipinski definition) is 0. The number of pyridine rings is 1. The first-order valence-electron chi connectivity index (χ1n) is 10.6. The van der Waals surface area contributed by atoms with Crippen molar-refractivity contribution in [2.75, 3.05) is 33.2 Å². The lowest BCUT2D eigenvalue weighted by Crippen LogP contribution is -2.50. The van der Waals surface area contributed by atoms with Gasteiger partial charge in [0.25, 0.3) is 0 Å². The van der Waals surface area contributed by atoms with E-state index in [1.807, 2.05) is 6.20 Å². The second-order valence-corrected chi connectivity index (χ2v) is 8.80. The molecule has 0 aliphatic carbocycles. The van der Waals surface area contributed by atoms with Gasteiger partial charge in [-0.3, -0.25) is 9.88 Å². The summed E-state index contributed by atoms with van der Waals surface area (Å²) in [6.07, 6.45) is 7.08. The molecular formula is C24H33N3. The number of aromatic nitrogens is 1. The minimum absolute atomic E-state index is 0.490. The van der Waals surface area contributed by atoms with Gasteiger partial charge >= 0.3 is 0 Å². The Labute approximate surface area is 164 Å². The highest BCUT2D eigenvalue weighted by Gasteiger charge is 2.41. The maximum absolute atomic E-state index is 4.66. The van der Waals surface area contributed by atoms with Gasteiger partial charge in [-0.25, -0.2) is 0 Å². The number of hydrogen-bond acceptors (Lipinski definition) is 3. The standard InChI is InChI=1S/C24H33N3/c1-3-20-9-10-23(25-16-20)18-27-13-11-24(12-14-27)15-22(17-26(2)19-24)21-7-5-4-6-8-21/h4-10,16,22H,3,11-15,17-19H2,1-2H3/t22-/m1/s1. The molecule has 3 nitrogen and oxygen atoms in total. The van der Waals surface area contributed by atoms with Crippen molar-refractivity contribution < 1.29 is 0 Å². The van der Waals surface area contributed by atoms with Crippen LogP contribution in [0.15, 0.2) is 48.7 Å². The molecule has 2 aromatic rings. The maximum atomic E-state index is 4.66. The van der Waals surface area contributed by atoms with Gasteiger partial charge in [0.1, 0.15) is 0 Å². The van der Waals surface area contributed by atoms with Gasteiger partial charge in [-0.15, -0.1) is 0 Å². The molecule has 1 aromatic heterocycles. The predicted octanol–water partition coefficient (Wildman–Crippen LogP) is 4.35. The first-order valence-corrected chi connectivity index (χ1v) is 10.6. The molecule has 2 aliphatic heterocycles. The molecule has 0 bridgehead atoms. The lowest BCUT2D eigenvalue weighted by Gasteiger charge is -2.49. The molecule has 2 saturated heterocycles. The third-order valence-electron chi connectivity index (χ3n) is 6.68. The Kier molecular flexibility index (Phi) is 5.60. The Bertz CT molecular complexity index is 717. The SMILES string of the molecule is CCc1ccc(CN2CCC3(CC2)C[C@@H](c2ccccc2)CN(C)C3)nc1. The van der Waals surface area contributed by atoms with E-state index in [-0.39, 0.29) is 0 Å². The maximum Gasteiger partial charge on any atom is 0.0544 e. The first-order chi connectivity index (χ1) is 13.2. The molecule has 144 valence electrons. The van der Waals surface area contributed by atoms with Crippen LogP contribution in [0.1, 0.15) is 48.9 Å². The van der Waals surface area contributed by atoms with E-state index < -0.39 is 0 Å². The molecule has 1 atom stereocenters. The second-order valence-electron chi connectivity index (χ2n) is 8.80. The fraction of sp³-hybridized carbons (Fsp3) is 0.542. The van der Waals surface area contributed by atoms with Crippen molar-refractivity contribution in [2.24, 2.45) is 5.41 Å². The van der Waals surface area contributed by atoms with E-state index in [0.29, 0.717) is 11.3 Å². The van der Waals surface area contributed by atoms with E-state index in [9.17, 15) is 0 Å². The number of benzene rings is 1. The fourth-order valence-electron chi connectivity index (χ4n) is 5.15. The van der Waals surface area contributed by atoms with Crippen molar-refractivity contribution in [1.82, 2.24) is 14.8 Å². The van der Waals surface area contributed by atoms with Crippen molar-refractivity contribution in [3.8, 4) is 0 Å². The fourth-order valence-corrected chi connectivity index (χ4v) is 5.15. The van der Waals surface area contributed by atoms with Crippen molar-refractivity contribution in [3.63, 3.8) is 0 Å². The lowest BCUT2D eigenvalue weighted by atomic mass is 9.68. The van der Waals surface area contributed by atoms with Gasteiger partial charge in [0.15, 0.2) is 0 Å². The first kappa shape index (κ1) is 18.6. The zero-order valence-electron chi connectivity index (χ0n) is 16.9. The highest BCUT2D eigenvalue weighted by molar-refractivity contribution is 5.21. The van der Waals surface area contributed by atoms with Gasteiger partial charge in [0.2, 0.25) is 0 Å². The summed E-state index contributed by atoms with van der Waals surface area (Å²) in [4.78, 5) is 9.84. The van der Waals surface area contributed by atoms with Gasteiger partial charge in [-0.05, 0) is 74.3 Å². The van der Waals surface area contributed by atoms with Crippen LogP contribution in [0.5, 0.6) is 0 Å². The summed E-state index contributed by atoms with van der Waals surface area (Å²) in [7, 11) is 2.31. The van der Waals surface area contributed by atoms with Crippen LogP contribution in [-0.2, 0) is 13.0 Å². The van der Waals surface area contributed by atoms with Crippen molar-refractivity contribution in [1.29, 1.82) is 0 Å². The normalized spacial score (nSPS) is 23.6. The number of aryl methyl sites for hydroxylation is 1. The van der Waals surface area contributed by atoms with Crippen LogP contribution < -0.4 is 0 Å². The third-order valence-corrected chi connectivity index (χ3v) is 6.68. The van der Waals surface area contributed by atoms with E-state index >= 15 is 0 Å². The van der Waals surface area contributed by atoms with Crippen LogP contribution in [0.2, 0.25) is 0 Å². The van der Waals surface area contributed by atoms with E-state index in [4.69, 9.17) is 0 Å². The average Bonchev–Trinajstić information content (AvgIpc) is 2.71. The number of piperidine rings is 2. The summed E-state index contributed by atoms with van der Waals surface area (Å²) in [6, 6.07) is 15.6. The van der Waals surface area contributed by atoms with Crippen molar-refractivity contribution >= 4 is 0 Å². The Morgan fingerprint density at radius 3 is 2.52 bits per heavy atom. The molecule has 27 heavy (non-hydrogen) atoms. The number of nitrogens with zero attached hydrogens (tertiary/aromatic N) is 3. The summed E-state index contributed by atoms with van der Waals surface area (Å²) < 4.78 is 0. The monoisotopic (exact) mass is 363 g/mol. The largest absolute Gasteiger partial charge is 0.305 e. The quantitative estimate of drug-likeness (QED) is 0.805. The molecule has 3 heterocycles. The summed E-state index contributed by atoms with van der Waals surface area (Å²) >= 11 is 0. The molecule has 4 rings (SSSR count). The molecule has 0 amide bonds. The smallest absolute Gasteiger partial charge is 0.0544 e. The molecule has 0 radical (unpaired) electrons. The Morgan fingerprint density at radius 2 is 1.85 bits per heavy atom. The molecule has 0 N–H and O–H groups in total. The van der Waals surface area contributed by atoms with Gasteiger partial charge in [-0.2, -0.15) is 0 Å². The van der Waals surface area contributed by atoms with Crippen molar-refractivity contribution in [3.05, 3.63) is 65.5 Å². The van der Waals surface area contributed by atoms with Crippen molar-refractivity contribution in [2.45, 2.75) is 45.1 Å². The molecule has 3 heteroatoms. The van der Waals surface area contributed by atoms with Gasteiger partial charge in [0.05, 0.1) is 5.69 Å². The molecular weight excluding hydrogens is 330 g/mol. The molecule has 0 unspecified atom stereocenters. The van der Waals surface area contributed by atoms with Gasteiger partial charge < -0.3 is 4.90 Å². The second kappa shape index (κ2) is 8.12. The molecule has 1 aromatic carbocycles. The van der Waals surface area contributed by atoms with Crippen LogP contribution in [0, 0.1) is 5.41 Å². The third kappa shape index (κ3) is 4.41. The van der Waals surface area contributed by atoms with Crippen LogP contribution in [-0.4, -0.2) is 48.0 Å². The van der Waals surface area contributed by atoms with Gasteiger partial charge in [-0.1, -0.05) is 43.3 Å². The zero-order valence-corrected chi connectivity index (χ0v) is 16.9. The van der Waals surface area contributed by atoms with E-state index in [1.54, 1.807) is 0 Å². The van der Waals surface area contributed by atoms with Crippen LogP contribution in [0.25, 0.3) is 0 Å². The van der Waals surface area contributed by atoms with E-state index in [0.717, 1.165) is 13.0 Å². The highest BCUT2D eigenvalue weighted by Crippen LogP contribution is 2.44. The minimum atomic E-state index is 0.490. The number of rotatable bonds is 4. The highest BCUT2D eigenvalue weighted by atomic mass is 15.2. The topological polar surface area (TPSA) is 19.4 Å². The Balaban J connectivity index is 1.38. The summed E-state index contributed by atoms with van der Waals surface area (Å²) in [6.45, 7) is 8.04. The summed E-state index contributed by atoms with van der Waals surface area (Å²) in [5.41, 5.74) is 4.55. The lowest BCUT2D eigenvalue weighted by molar-refractivity contribution is 0.0215. The molecule has 0 saturated carbocycles. The Hall–Kier alpha value is -1.71. The predicted molar refractivity (Wildman–Crippen MR) is 112 cm³/mol. The average molecular weight is 364 g/mol. The number of likely N-dealkylation sites (N-methyl/N-ethyl adjacent to an activating group) is 1. The molecule has 2 aliphatic rings. The van der Waals surface area contributed by atoms with Crippen LogP contribution in [0.4, 0.5) is 0 Å². The van der Waals surface area contributed by atoms with Crippen LogP contribution >= 0.6 is 0 Å². The number of likely N-dealkylation sites (tertiary alicyclic amines) is 2. The molecule has 1 spiro atoms. The minimum Gasteiger partial charge on any atom is -0.305 e. The summed E-state index contributed by atoms with van der Waals surface area (Å²) in [5.74, 6) is 0.680. The van der Waals surface area contributed by atoms with Gasteiger partial charge in [0, 0.05) is 25.8 Å². The molecule has 2 fully saturated rings. The zero-order chi connectivity index (χ0) is 18.7. The van der Waals surface area contributed by atoms with Crippen LogP contribution in [0.3, 0.4) is 0 Å². The van der Waals surface area contributed by atoms with E-state index in [1.165, 1.54) is 62.3 Å². The summed E-state index contributed by atoms with van der Waals surface area (Å²) in [5, 5.41) is 0. The van der Waals surface area contributed by atoms with E-state index in [2.05, 4.69) is 71.2 Å².